The van der Waals surface area contributed by atoms with Gasteiger partial charge in [-0.2, -0.15) is 0 Å². The van der Waals surface area contributed by atoms with Gasteiger partial charge < -0.3 is 9.47 Å². The maximum Gasteiger partial charge on any atom is 0.417 e. The first-order valence-electron chi connectivity index (χ1n) is 7.87. The summed E-state index contributed by atoms with van der Waals surface area (Å²) in [7, 11) is 1.30. The Morgan fingerprint density at radius 3 is 2.29 bits per heavy atom. The van der Waals surface area contributed by atoms with E-state index in [1.54, 1.807) is 32.9 Å². The first-order valence-corrected chi connectivity index (χ1v) is 7.87. The second kappa shape index (κ2) is 6.63. The van der Waals surface area contributed by atoms with Crippen molar-refractivity contribution in [2.75, 3.05) is 13.7 Å². The van der Waals surface area contributed by atoms with E-state index in [-0.39, 0.29) is 13.0 Å². The molecule has 0 unspecified atom stereocenters. The number of benzene rings is 1. The Morgan fingerprint density at radius 2 is 1.79 bits per heavy atom. The summed E-state index contributed by atoms with van der Waals surface area (Å²) in [5.41, 5.74) is -1.03. The fraction of sp³-hybridized carbons (Fsp3) is 0.500. The molecule has 0 saturated carbocycles. The first-order chi connectivity index (χ1) is 11.2. The van der Waals surface area contributed by atoms with Gasteiger partial charge in [-0.15, -0.1) is 0 Å². The van der Waals surface area contributed by atoms with E-state index < -0.39 is 29.0 Å². The van der Waals surface area contributed by atoms with Crippen LogP contribution in [0.1, 0.15) is 39.2 Å². The van der Waals surface area contributed by atoms with E-state index in [0.717, 1.165) is 4.90 Å². The molecule has 0 bridgehead atoms. The molecular weight excluding hydrogens is 310 g/mol. The molecule has 1 saturated heterocycles. The van der Waals surface area contributed by atoms with Crippen LogP contribution in [0.25, 0.3) is 0 Å². The fourth-order valence-corrected chi connectivity index (χ4v) is 2.87. The van der Waals surface area contributed by atoms with Crippen LogP contribution in [0.5, 0.6) is 0 Å². The topological polar surface area (TPSA) is 72.9 Å². The fourth-order valence-electron chi connectivity index (χ4n) is 2.87. The summed E-state index contributed by atoms with van der Waals surface area (Å²) in [6, 6.07) is 9.06. The zero-order chi connectivity index (χ0) is 18.0. The zero-order valence-corrected chi connectivity index (χ0v) is 14.5. The summed E-state index contributed by atoms with van der Waals surface area (Å²) in [5, 5.41) is 0. The molecule has 6 nitrogen and oxygen atoms in total. The van der Waals surface area contributed by atoms with Crippen LogP contribution >= 0.6 is 0 Å². The molecule has 0 radical (unpaired) electrons. The lowest BCUT2D eigenvalue weighted by atomic mass is 9.72. The molecule has 1 heterocycles. The van der Waals surface area contributed by atoms with Gasteiger partial charge in [0.15, 0.2) is 0 Å². The number of ether oxygens (including phenoxy) is 2. The number of likely N-dealkylation sites (tertiary alicyclic amines) is 1. The Balaban J connectivity index is 2.26. The number of hydrogen-bond acceptors (Lipinski definition) is 5. The van der Waals surface area contributed by atoms with E-state index in [1.165, 1.54) is 7.11 Å². The Bertz CT molecular complexity index is 635. The van der Waals surface area contributed by atoms with Gasteiger partial charge in [-0.05, 0) is 32.8 Å². The first kappa shape index (κ1) is 18.0. The molecule has 24 heavy (non-hydrogen) atoms. The van der Waals surface area contributed by atoms with Gasteiger partial charge in [0.05, 0.1) is 7.11 Å². The van der Waals surface area contributed by atoms with Gasteiger partial charge in [0.1, 0.15) is 11.0 Å². The Hall–Kier alpha value is -2.37. The van der Waals surface area contributed by atoms with Crippen LogP contribution in [0.3, 0.4) is 0 Å². The lowest BCUT2D eigenvalue weighted by Gasteiger charge is -2.38. The molecule has 1 aromatic rings. The van der Waals surface area contributed by atoms with Crippen LogP contribution in [0, 0.1) is 0 Å². The van der Waals surface area contributed by atoms with Gasteiger partial charge in [0.25, 0.3) is 0 Å². The molecule has 6 heteroatoms. The molecule has 1 atom stereocenters. The number of carbonyl (C=O) groups excluding carboxylic acids is 3. The number of piperidine rings is 1. The minimum atomic E-state index is -1.06. The van der Waals surface area contributed by atoms with Crippen molar-refractivity contribution in [2.45, 2.75) is 44.6 Å². The predicted molar refractivity (Wildman–Crippen MR) is 87.3 cm³/mol. The Kier molecular flexibility index (Phi) is 4.96. The highest BCUT2D eigenvalue weighted by atomic mass is 16.6. The number of carbonyl (C=O) groups is 3. The summed E-state index contributed by atoms with van der Waals surface area (Å²) in [4.78, 5) is 38.2. The lowest BCUT2D eigenvalue weighted by Crippen LogP contribution is -2.53. The molecule has 1 aliphatic rings. The summed E-state index contributed by atoms with van der Waals surface area (Å²) in [6.45, 7) is 5.32. The van der Waals surface area contributed by atoms with Crippen molar-refractivity contribution in [3.8, 4) is 0 Å². The molecule has 2 rings (SSSR count). The molecule has 1 aliphatic heterocycles. The van der Waals surface area contributed by atoms with Crippen LogP contribution in [-0.2, 0) is 24.5 Å². The summed E-state index contributed by atoms with van der Waals surface area (Å²) >= 11 is 0. The van der Waals surface area contributed by atoms with Crippen molar-refractivity contribution in [2.24, 2.45) is 0 Å². The average molecular weight is 333 g/mol. The smallest absolute Gasteiger partial charge is 0.417 e. The van der Waals surface area contributed by atoms with Gasteiger partial charge in [0, 0.05) is 13.0 Å². The van der Waals surface area contributed by atoms with Crippen molar-refractivity contribution in [1.29, 1.82) is 0 Å². The standard InChI is InChI=1S/C18H23NO5/c1-17(2,3)24-16(22)19-11-10-18(12-14(19)20,15(21)23-4)13-8-6-5-7-9-13/h5-9H,10-12H2,1-4H3/t18-/m1/s1. The number of hydrogen-bond donors (Lipinski definition) is 0. The lowest BCUT2D eigenvalue weighted by molar-refractivity contribution is -0.154. The minimum Gasteiger partial charge on any atom is -0.468 e. The molecule has 0 aliphatic carbocycles. The van der Waals surface area contributed by atoms with Crippen molar-refractivity contribution >= 4 is 18.0 Å². The summed E-state index contributed by atoms with van der Waals surface area (Å²) in [5.74, 6) is -0.907. The summed E-state index contributed by atoms with van der Waals surface area (Å²) < 4.78 is 10.2. The van der Waals surface area contributed by atoms with Crippen molar-refractivity contribution < 1.29 is 23.9 Å². The van der Waals surface area contributed by atoms with E-state index in [2.05, 4.69) is 0 Å². The monoisotopic (exact) mass is 333 g/mol. The molecular formula is C18H23NO5. The van der Waals surface area contributed by atoms with E-state index in [1.807, 2.05) is 18.2 Å². The van der Waals surface area contributed by atoms with Gasteiger partial charge in [0.2, 0.25) is 5.91 Å². The Labute approximate surface area is 141 Å². The van der Waals surface area contributed by atoms with Crippen LogP contribution in [0.2, 0.25) is 0 Å². The number of amides is 2. The van der Waals surface area contributed by atoms with Crippen molar-refractivity contribution in [3.05, 3.63) is 35.9 Å². The maximum atomic E-state index is 12.5. The zero-order valence-electron chi connectivity index (χ0n) is 14.5. The van der Waals surface area contributed by atoms with E-state index in [9.17, 15) is 14.4 Å². The molecule has 0 N–H and O–H groups in total. The number of rotatable bonds is 2. The number of nitrogens with zero attached hydrogens (tertiary/aromatic N) is 1. The second-order valence-electron chi connectivity index (χ2n) is 6.89. The third-order valence-electron chi connectivity index (χ3n) is 4.03. The van der Waals surface area contributed by atoms with Gasteiger partial charge >= 0.3 is 12.1 Å². The van der Waals surface area contributed by atoms with E-state index >= 15 is 0 Å². The third-order valence-corrected chi connectivity index (χ3v) is 4.03. The van der Waals surface area contributed by atoms with E-state index in [0.29, 0.717) is 12.0 Å². The van der Waals surface area contributed by atoms with Crippen LogP contribution in [0.4, 0.5) is 4.79 Å². The largest absolute Gasteiger partial charge is 0.468 e. The normalized spacial score (nSPS) is 21.3. The maximum absolute atomic E-state index is 12.5. The number of esters is 1. The van der Waals surface area contributed by atoms with Gasteiger partial charge in [-0.25, -0.2) is 9.69 Å². The highest BCUT2D eigenvalue weighted by Crippen LogP contribution is 2.37. The average Bonchev–Trinajstić information content (AvgIpc) is 2.52. The predicted octanol–water partition coefficient (Wildman–Crippen LogP) is 2.65. The minimum absolute atomic E-state index is 0.109. The molecule has 0 aromatic heterocycles. The van der Waals surface area contributed by atoms with Crippen molar-refractivity contribution in [1.82, 2.24) is 4.90 Å². The van der Waals surface area contributed by atoms with Gasteiger partial charge in [-0.3, -0.25) is 9.59 Å². The molecule has 1 aromatic carbocycles. The SMILES string of the molecule is COC(=O)[C@]1(c2ccccc2)CCN(C(=O)OC(C)(C)C)C(=O)C1. The molecule has 2 amide bonds. The number of imide groups is 1. The summed E-state index contributed by atoms with van der Waals surface area (Å²) in [6.07, 6.45) is -0.503. The van der Waals surface area contributed by atoms with Gasteiger partial charge in [-0.1, -0.05) is 30.3 Å². The third kappa shape index (κ3) is 3.58. The quantitative estimate of drug-likeness (QED) is 0.778. The second-order valence-corrected chi connectivity index (χ2v) is 6.89. The Morgan fingerprint density at radius 1 is 1.17 bits per heavy atom. The highest BCUT2D eigenvalue weighted by molar-refractivity contribution is 5.98. The van der Waals surface area contributed by atoms with Crippen LogP contribution in [0.15, 0.2) is 30.3 Å². The van der Waals surface area contributed by atoms with E-state index in [4.69, 9.17) is 9.47 Å². The molecule has 1 fully saturated rings. The molecule has 130 valence electrons. The number of methoxy groups -OCH3 is 1. The van der Waals surface area contributed by atoms with Crippen LogP contribution < -0.4 is 0 Å². The van der Waals surface area contributed by atoms with Crippen LogP contribution in [-0.4, -0.2) is 42.1 Å². The highest BCUT2D eigenvalue weighted by Gasteiger charge is 2.49. The van der Waals surface area contributed by atoms with Crippen molar-refractivity contribution in [3.63, 3.8) is 0 Å². The molecule has 0 spiro atoms.